The first-order valence-electron chi connectivity index (χ1n) is 8.05. The molecule has 1 amide bonds. The molecule has 126 valence electrons. The lowest BCUT2D eigenvalue weighted by molar-refractivity contribution is -0.144. The number of carbonyl (C=O) groups is 2. The van der Waals surface area contributed by atoms with E-state index in [4.69, 9.17) is 0 Å². The summed E-state index contributed by atoms with van der Waals surface area (Å²) < 4.78 is 0. The molecule has 0 heterocycles. The van der Waals surface area contributed by atoms with Gasteiger partial charge in [0.1, 0.15) is 5.54 Å². The van der Waals surface area contributed by atoms with Crippen molar-refractivity contribution in [2.24, 2.45) is 5.92 Å². The second-order valence-corrected chi connectivity index (χ2v) is 6.46. The van der Waals surface area contributed by atoms with E-state index in [1.807, 2.05) is 43.3 Å². The molecule has 0 bridgehead atoms. The van der Waals surface area contributed by atoms with E-state index in [1.165, 1.54) is 0 Å². The molecule has 0 radical (unpaired) electrons. The summed E-state index contributed by atoms with van der Waals surface area (Å²) in [6.07, 6.45) is 1.13. The number of nitrogens with one attached hydrogen (secondary N) is 1. The third kappa shape index (κ3) is 4.69. The zero-order chi connectivity index (χ0) is 17.6. The summed E-state index contributed by atoms with van der Waals surface area (Å²) in [5.41, 5.74) is 0.314. The Balaban J connectivity index is 2.06. The molecule has 2 unspecified atom stereocenters. The number of benzene rings is 2. The molecule has 4 nitrogen and oxygen atoms in total. The minimum Gasteiger partial charge on any atom is -0.480 e. The van der Waals surface area contributed by atoms with Gasteiger partial charge in [0.25, 0.3) is 5.91 Å². The molecule has 2 aromatic carbocycles. The van der Waals surface area contributed by atoms with Crippen molar-refractivity contribution in [3.05, 3.63) is 71.8 Å². The maximum absolute atomic E-state index is 12.3. The second kappa shape index (κ2) is 7.77. The number of amides is 1. The molecule has 0 spiro atoms. The molecule has 0 aromatic heterocycles. The third-order valence-electron chi connectivity index (χ3n) is 4.08. The quantitative estimate of drug-likeness (QED) is 0.818. The molecule has 0 aliphatic rings. The minimum absolute atomic E-state index is 0.115. The Kier molecular flexibility index (Phi) is 5.74. The van der Waals surface area contributed by atoms with E-state index in [9.17, 15) is 14.7 Å². The molecule has 0 aliphatic carbocycles. The molecule has 0 aliphatic heterocycles. The molecular formula is C20H23NO3. The van der Waals surface area contributed by atoms with E-state index in [0.717, 1.165) is 12.0 Å². The fourth-order valence-electron chi connectivity index (χ4n) is 2.89. The molecule has 2 atom stereocenters. The highest BCUT2D eigenvalue weighted by Gasteiger charge is 2.36. The van der Waals surface area contributed by atoms with Gasteiger partial charge in [-0.2, -0.15) is 0 Å². The summed E-state index contributed by atoms with van der Waals surface area (Å²) in [5.74, 6) is -1.27. The summed E-state index contributed by atoms with van der Waals surface area (Å²) in [6.45, 7) is 3.57. The first-order valence-corrected chi connectivity index (χ1v) is 8.05. The zero-order valence-corrected chi connectivity index (χ0v) is 14.0. The van der Waals surface area contributed by atoms with E-state index in [1.54, 1.807) is 31.2 Å². The zero-order valence-electron chi connectivity index (χ0n) is 14.0. The van der Waals surface area contributed by atoms with E-state index in [0.29, 0.717) is 12.0 Å². The van der Waals surface area contributed by atoms with Gasteiger partial charge in [-0.25, -0.2) is 4.79 Å². The van der Waals surface area contributed by atoms with Gasteiger partial charge >= 0.3 is 5.97 Å². The van der Waals surface area contributed by atoms with Crippen LogP contribution in [-0.2, 0) is 11.2 Å². The van der Waals surface area contributed by atoms with Crippen LogP contribution in [0.4, 0.5) is 0 Å². The van der Waals surface area contributed by atoms with Gasteiger partial charge < -0.3 is 10.4 Å². The molecule has 2 N–H and O–H groups in total. The third-order valence-corrected chi connectivity index (χ3v) is 4.08. The number of hydrogen-bond acceptors (Lipinski definition) is 2. The van der Waals surface area contributed by atoms with Crippen molar-refractivity contribution in [3.8, 4) is 0 Å². The Bertz CT molecular complexity index is 685. The molecule has 2 rings (SSSR count). The lowest BCUT2D eigenvalue weighted by Crippen LogP contribution is -2.53. The fourth-order valence-corrected chi connectivity index (χ4v) is 2.89. The van der Waals surface area contributed by atoms with Crippen LogP contribution >= 0.6 is 0 Å². The first kappa shape index (κ1) is 17.7. The van der Waals surface area contributed by atoms with Gasteiger partial charge in [0.15, 0.2) is 0 Å². The summed E-state index contributed by atoms with van der Waals surface area (Å²) in [5, 5.41) is 12.3. The number of carbonyl (C=O) groups excluding carboxylic acids is 1. The number of hydrogen-bond donors (Lipinski definition) is 2. The Labute approximate surface area is 142 Å². The number of carboxylic acids is 1. The van der Waals surface area contributed by atoms with Crippen LogP contribution in [0.25, 0.3) is 0 Å². The summed E-state index contributed by atoms with van der Waals surface area (Å²) in [4.78, 5) is 24.1. The van der Waals surface area contributed by atoms with Crippen molar-refractivity contribution in [2.75, 3.05) is 0 Å². The van der Waals surface area contributed by atoms with Crippen LogP contribution in [0.1, 0.15) is 36.2 Å². The molecule has 0 saturated carbocycles. The van der Waals surface area contributed by atoms with Gasteiger partial charge in [-0.15, -0.1) is 0 Å². The Morgan fingerprint density at radius 3 is 2.12 bits per heavy atom. The van der Waals surface area contributed by atoms with Gasteiger partial charge in [-0.1, -0.05) is 55.5 Å². The fraction of sp³-hybridized carbons (Fsp3) is 0.300. The van der Waals surface area contributed by atoms with E-state index in [2.05, 4.69) is 5.32 Å². The van der Waals surface area contributed by atoms with Crippen LogP contribution in [0.5, 0.6) is 0 Å². The normalized spacial score (nSPS) is 14.4. The molecule has 24 heavy (non-hydrogen) atoms. The second-order valence-electron chi connectivity index (χ2n) is 6.46. The Morgan fingerprint density at radius 1 is 1.04 bits per heavy atom. The summed E-state index contributed by atoms with van der Waals surface area (Å²) in [6, 6.07) is 18.6. The summed E-state index contributed by atoms with van der Waals surface area (Å²) in [7, 11) is 0. The Morgan fingerprint density at radius 2 is 1.58 bits per heavy atom. The molecular weight excluding hydrogens is 302 g/mol. The Hall–Kier alpha value is -2.62. The van der Waals surface area contributed by atoms with Crippen LogP contribution in [0.15, 0.2) is 60.7 Å². The topological polar surface area (TPSA) is 66.4 Å². The van der Waals surface area contributed by atoms with Gasteiger partial charge in [0.05, 0.1) is 0 Å². The van der Waals surface area contributed by atoms with E-state index < -0.39 is 11.5 Å². The van der Waals surface area contributed by atoms with Crippen LogP contribution in [-0.4, -0.2) is 22.5 Å². The van der Waals surface area contributed by atoms with Gasteiger partial charge in [-0.3, -0.25) is 4.79 Å². The van der Waals surface area contributed by atoms with Crippen molar-refractivity contribution in [3.63, 3.8) is 0 Å². The monoisotopic (exact) mass is 325 g/mol. The van der Waals surface area contributed by atoms with Crippen molar-refractivity contribution in [1.29, 1.82) is 0 Å². The van der Waals surface area contributed by atoms with Crippen molar-refractivity contribution in [1.82, 2.24) is 5.32 Å². The summed E-state index contributed by atoms with van der Waals surface area (Å²) >= 11 is 0. The smallest absolute Gasteiger partial charge is 0.329 e. The lowest BCUT2D eigenvalue weighted by atomic mass is 9.86. The SMILES string of the molecule is CC(Cc1ccccc1)CC(C)(NC(=O)c1ccccc1)C(=O)O. The van der Waals surface area contributed by atoms with Crippen molar-refractivity contribution >= 4 is 11.9 Å². The van der Waals surface area contributed by atoms with E-state index >= 15 is 0 Å². The predicted octanol–water partition coefficient (Wildman–Crippen LogP) is 3.53. The van der Waals surface area contributed by atoms with Gasteiger partial charge in [-0.05, 0) is 43.4 Å². The standard InChI is InChI=1S/C20H23NO3/c1-15(13-16-9-5-3-6-10-16)14-20(2,19(23)24)21-18(22)17-11-7-4-8-12-17/h3-12,15H,13-14H2,1-2H3,(H,21,22)(H,23,24). The number of rotatable bonds is 7. The maximum atomic E-state index is 12.3. The van der Waals surface area contributed by atoms with Crippen molar-refractivity contribution < 1.29 is 14.7 Å². The molecule has 0 saturated heterocycles. The van der Waals surface area contributed by atoms with Gasteiger partial charge in [0, 0.05) is 5.56 Å². The number of aliphatic carboxylic acids is 1. The highest BCUT2D eigenvalue weighted by atomic mass is 16.4. The van der Waals surface area contributed by atoms with Crippen LogP contribution < -0.4 is 5.32 Å². The molecule has 0 fully saturated rings. The van der Waals surface area contributed by atoms with Gasteiger partial charge in [0.2, 0.25) is 0 Å². The van der Waals surface area contributed by atoms with Crippen molar-refractivity contribution in [2.45, 2.75) is 32.2 Å². The highest BCUT2D eigenvalue weighted by molar-refractivity contribution is 5.97. The highest BCUT2D eigenvalue weighted by Crippen LogP contribution is 2.21. The molecule has 2 aromatic rings. The maximum Gasteiger partial charge on any atom is 0.329 e. The molecule has 4 heteroatoms. The lowest BCUT2D eigenvalue weighted by Gasteiger charge is -2.29. The van der Waals surface area contributed by atoms with Crippen LogP contribution in [0, 0.1) is 5.92 Å². The number of carboxylic acid groups (broad SMARTS) is 1. The average molecular weight is 325 g/mol. The largest absolute Gasteiger partial charge is 0.480 e. The van der Waals surface area contributed by atoms with Crippen LogP contribution in [0.3, 0.4) is 0 Å². The van der Waals surface area contributed by atoms with E-state index in [-0.39, 0.29) is 11.8 Å². The van der Waals surface area contributed by atoms with Crippen LogP contribution in [0.2, 0.25) is 0 Å². The minimum atomic E-state index is -1.30. The first-order chi connectivity index (χ1) is 11.4. The average Bonchev–Trinajstić information content (AvgIpc) is 2.56. The predicted molar refractivity (Wildman–Crippen MR) is 93.9 cm³/mol.